The highest BCUT2D eigenvalue weighted by atomic mass is 16.5. The highest BCUT2D eigenvalue weighted by Crippen LogP contribution is 2.26. The molecule has 2 N–H and O–H groups in total. The average molecular weight is 232 g/mol. The van der Waals surface area contributed by atoms with E-state index in [0.717, 1.165) is 19.6 Å². The summed E-state index contributed by atoms with van der Waals surface area (Å²) in [5.74, 6) is 1.41. The molecule has 2 aliphatic rings. The number of benzene rings is 1. The molecule has 0 radical (unpaired) electrons. The van der Waals surface area contributed by atoms with Gasteiger partial charge >= 0.3 is 5.97 Å². The Morgan fingerprint density at radius 1 is 1.18 bits per heavy atom. The number of carbonyl (C=O) groups is 1. The van der Waals surface area contributed by atoms with Crippen LogP contribution in [0.3, 0.4) is 0 Å². The number of hydrogen-bond donors (Lipinski definition) is 2. The molecular weight excluding hydrogens is 216 g/mol. The topological polar surface area (TPSA) is 50.4 Å². The fraction of sp³-hybridized carbons (Fsp3) is 0.462. The van der Waals surface area contributed by atoms with Gasteiger partial charge in [0.05, 0.1) is 0 Å². The molecule has 2 fully saturated rings. The van der Waals surface area contributed by atoms with Crippen molar-refractivity contribution in [1.29, 1.82) is 0 Å². The van der Waals surface area contributed by atoms with Gasteiger partial charge in [-0.05, 0) is 24.6 Å². The predicted molar refractivity (Wildman–Crippen MR) is 63.7 cm³/mol. The molecule has 4 heteroatoms. The van der Waals surface area contributed by atoms with Crippen LogP contribution in [0.4, 0.5) is 0 Å². The van der Waals surface area contributed by atoms with E-state index in [2.05, 4.69) is 10.6 Å². The van der Waals surface area contributed by atoms with E-state index in [0.29, 0.717) is 17.6 Å². The highest BCUT2D eigenvalue weighted by molar-refractivity contribution is 5.79. The lowest BCUT2D eigenvalue weighted by atomic mass is 9.94. The van der Waals surface area contributed by atoms with Crippen molar-refractivity contribution < 1.29 is 9.53 Å². The van der Waals surface area contributed by atoms with Gasteiger partial charge in [0.2, 0.25) is 0 Å². The Bertz CT molecular complexity index is 407. The first-order valence-corrected chi connectivity index (χ1v) is 6.05. The van der Waals surface area contributed by atoms with Gasteiger partial charge in [-0.3, -0.25) is 0 Å². The van der Waals surface area contributed by atoms with E-state index in [1.54, 1.807) is 12.1 Å². The smallest absolute Gasteiger partial charge is 0.328 e. The predicted octanol–water partition coefficient (Wildman–Crippen LogP) is 0.399. The van der Waals surface area contributed by atoms with Crippen molar-refractivity contribution in [2.24, 2.45) is 11.8 Å². The van der Waals surface area contributed by atoms with Crippen molar-refractivity contribution in [3.8, 4) is 5.75 Å². The number of rotatable bonds is 2. The van der Waals surface area contributed by atoms with Crippen molar-refractivity contribution in [3.63, 3.8) is 0 Å². The summed E-state index contributed by atoms with van der Waals surface area (Å²) in [6.07, 6.45) is 0. The van der Waals surface area contributed by atoms with Gasteiger partial charge in [0.1, 0.15) is 11.8 Å². The first-order valence-electron chi connectivity index (χ1n) is 6.05. The average Bonchev–Trinajstić information content (AvgIpc) is 2.91. The Balaban J connectivity index is 1.67. The number of nitrogens with one attached hydrogen (secondary N) is 2. The Labute approximate surface area is 100 Å². The van der Waals surface area contributed by atoms with E-state index >= 15 is 0 Å². The molecule has 2 heterocycles. The summed E-state index contributed by atoms with van der Waals surface area (Å²) < 4.78 is 5.38. The molecule has 3 atom stereocenters. The van der Waals surface area contributed by atoms with Crippen LogP contribution in [0.2, 0.25) is 0 Å². The van der Waals surface area contributed by atoms with Gasteiger partial charge in [-0.1, -0.05) is 18.2 Å². The van der Waals surface area contributed by atoms with Crippen LogP contribution in [0.5, 0.6) is 5.75 Å². The van der Waals surface area contributed by atoms with E-state index in [9.17, 15) is 4.79 Å². The molecular formula is C13H16N2O2. The van der Waals surface area contributed by atoms with Gasteiger partial charge in [-0.2, -0.15) is 0 Å². The number of para-hydroxylation sites is 1. The van der Waals surface area contributed by atoms with E-state index in [1.165, 1.54) is 0 Å². The fourth-order valence-electron chi connectivity index (χ4n) is 2.72. The van der Waals surface area contributed by atoms with Crippen molar-refractivity contribution in [2.45, 2.75) is 6.04 Å². The maximum atomic E-state index is 12.0. The zero-order valence-electron chi connectivity index (χ0n) is 9.56. The highest BCUT2D eigenvalue weighted by Gasteiger charge is 2.43. The molecule has 0 aliphatic carbocycles. The summed E-state index contributed by atoms with van der Waals surface area (Å²) in [6.45, 7) is 2.82. The summed E-state index contributed by atoms with van der Waals surface area (Å²) >= 11 is 0. The van der Waals surface area contributed by atoms with E-state index in [4.69, 9.17) is 4.74 Å². The third kappa shape index (κ3) is 2.06. The van der Waals surface area contributed by atoms with Crippen LogP contribution < -0.4 is 15.4 Å². The summed E-state index contributed by atoms with van der Waals surface area (Å²) in [7, 11) is 0. The number of ether oxygens (including phenoxy) is 1. The standard InChI is InChI=1S/C13H16N2O2/c16-13(17-10-4-2-1-3-5-10)12-11-8-14-6-9(11)7-15-12/h1-5,9,11-12,14-15H,6-8H2. The first kappa shape index (κ1) is 10.7. The largest absolute Gasteiger partial charge is 0.425 e. The number of esters is 1. The second kappa shape index (κ2) is 4.47. The second-order valence-electron chi connectivity index (χ2n) is 4.70. The number of carbonyl (C=O) groups excluding carboxylic acids is 1. The number of fused-ring (bicyclic) bond motifs is 1. The number of hydrogen-bond acceptors (Lipinski definition) is 4. The third-order valence-corrected chi connectivity index (χ3v) is 3.64. The molecule has 90 valence electrons. The van der Waals surface area contributed by atoms with Crippen molar-refractivity contribution in [1.82, 2.24) is 10.6 Å². The summed E-state index contributed by atoms with van der Waals surface area (Å²) in [6, 6.07) is 9.08. The van der Waals surface area contributed by atoms with E-state index < -0.39 is 0 Å². The molecule has 4 nitrogen and oxygen atoms in total. The van der Waals surface area contributed by atoms with Gasteiger partial charge in [0, 0.05) is 19.0 Å². The molecule has 0 aromatic heterocycles. The fourth-order valence-corrected chi connectivity index (χ4v) is 2.72. The Morgan fingerprint density at radius 3 is 2.82 bits per heavy atom. The van der Waals surface area contributed by atoms with Crippen molar-refractivity contribution in [2.75, 3.05) is 19.6 Å². The lowest BCUT2D eigenvalue weighted by molar-refractivity contribution is -0.137. The van der Waals surface area contributed by atoms with Crippen molar-refractivity contribution in [3.05, 3.63) is 30.3 Å². The van der Waals surface area contributed by atoms with Gasteiger partial charge in [0.25, 0.3) is 0 Å². The molecule has 1 aromatic carbocycles. The Hall–Kier alpha value is -1.39. The minimum atomic E-state index is -0.160. The zero-order chi connectivity index (χ0) is 11.7. The molecule has 1 aromatic rings. The van der Waals surface area contributed by atoms with Crippen LogP contribution in [0.1, 0.15) is 0 Å². The molecule has 3 rings (SSSR count). The molecule has 3 unspecified atom stereocenters. The summed E-state index contributed by atoms with van der Waals surface area (Å²) in [5.41, 5.74) is 0. The van der Waals surface area contributed by atoms with Gasteiger partial charge in [-0.15, -0.1) is 0 Å². The van der Waals surface area contributed by atoms with Crippen LogP contribution in [0.25, 0.3) is 0 Å². The molecule has 2 aliphatic heterocycles. The van der Waals surface area contributed by atoms with Crippen LogP contribution >= 0.6 is 0 Å². The Kier molecular flexibility index (Phi) is 2.82. The lowest BCUT2D eigenvalue weighted by Gasteiger charge is -2.16. The van der Waals surface area contributed by atoms with Gasteiger partial charge in [0.15, 0.2) is 0 Å². The third-order valence-electron chi connectivity index (χ3n) is 3.64. The minimum absolute atomic E-state index is 0.157. The minimum Gasteiger partial charge on any atom is -0.425 e. The van der Waals surface area contributed by atoms with Gasteiger partial charge in [-0.25, -0.2) is 4.79 Å². The summed E-state index contributed by atoms with van der Waals surface area (Å²) in [4.78, 5) is 12.0. The lowest BCUT2D eigenvalue weighted by Crippen LogP contribution is -2.40. The normalized spacial score (nSPS) is 31.2. The van der Waals surface area contributed by atoms with Crippen LogP contribution in [0.15, 0.2) is 30.3 Å². The van der Waals surface area contributed by atoms with Crippen LogP contribution in [-0.4, -0.2) is 31.6 Å². The first-order chi connectivity index (χ1) is 8.34. The molecule has 0 amide bonds. The molecule has 0 spiro atoms. The second-order valence-corrected chi connectivity index (χ2v) is 4.70. The maximum absolute atomic E-state index is 12.0. The van der Waals surface area contributed by atoms with Crippen LogP contribution in [0, 0.1) is 11.8 Å². The van der Waals surface area contributed by atoms with Gasteiger partial charge < -0.3 is 15.4 Å². The Morgan fingerprint density at radius 2 is 2.00 bits per heavy atom. The molecule has 17 heavy (non-hydrogen) atoms. The molecule has 2 saturated heterocycles. The SMILES string of the molecule is O=C(Oc1ccccc1)C1NCC2CNCC21. The van der Waals surface area contributed by atoms with E-state index in [1.807, 2.05) is 18.2 Å². The molecule has 0 saturated carbocycles. The van der Waals surface area contributed by atoms with Crippen molar-refractivity contribution >= 4 is 5.97 Å². The van der Waals surface area contributed by atoms with Crippen LogP contribution in [-0.2, 0) is 4.79 Å². The monoisotopic (exact) mass is 232 g/mol. The maximum Gasteiger partial charge on any atom is 0.328 e. The zero-order valence-corrected chi connectivity index (χ0v) is 9.56. The van der Waals surface area contributed by atoms with E-state index in [-0.39, 0.29) is 12.0 Å². The molecule has 0 bridgehead atoms. The quantitative estimate of drug-likeness (QED) is 0.572. The summed E-state index contributed by atoms with van der Waals surface area (Å²) in [5, 5.41) is 6.59.